The Morgan fingerprint density at radius 2 is 2.00 bits per heavy atom. The van der Waals surface area contributed by atoms with E-state index in [1.54, 1.807) is 0 Å². The van der Waals surface area contributed by atoms with Crippen LogP contribution in [0.3, 0.4) is 0 Å². The highest BCUT2D eigenvalue weighted by Crippen LogP contribution is 2.41. The minimum Gasteiger partial charge on any atom is -0.170 e. The van der Waals surface area contributed by atoms with Crippen molar-refractivity contribution in [3.8, 4) is 0 Å². The van der Waals surface area contributed by atoms with Crippen LogP contribution in [-0.2, 0) is 0 Å². The van der Waals surface area contributed by atoms with Gasteiger partial charge in [-0.3, -0.25) is 0 Å². The van der Waals surface area contributed by atoms with E-state index in [9.17, 15) is 13.2 Å². The first-order valence-corrected chi connectivity index (χ1v) is 4.23. The van der Waals surface area contributed by atoms with Crippen molar-refractivity contribution in [2.24, 2.45) is 5.92 Å². The summed E-state index contributed by atoms with van der Waals surface area (Å²) in [5.41, 5.74) is 0.277. The van der Waals surface area contributed by atoms with Gasteiger partial charge in [-0.15, -0.1) is 11.6 Å². The second kappa shape index (κ2) is 3.29. The molecule has 0 N–H and O–H groups in total. The molecule has 0 spiro atoms. The summed E-state index contributed by atoms with van der Waals surface area (Å²) in [4.78, 5) is 0. The lowest BCUT2D eigenvalue weighted by Crippen LogP contribution is -2.30. The maximum atomic E-state index is 12.2. The van der Waals surface area contributed by atoms with E-state index < -0.39 is 12.1 Å². The summed E-state index contributed by atoms with van der Waals surface area (Å²) in [6.45, 7) is 3.42. The third kappa shape index (κ3) is 2.16. The minimum atomic E-state index is -4.16. The molecule has 0 aromatic rings. The van der Waals surface area contributed by atoms with Crippen molar-refractivity contribution >= 4 is 11.6 Å². The summed E-state index contributed by atoms with van der Waals surface area (Å²) in [7, 11) is 0. The lowest BCUT2D eigenvalue weighted by Gasteiger charge is -2.29. The molecule has 1 aliphatic carbocycles. The van der Waals surface area contributed by atoms with Crippen LogP contribution in [-0.4, -0.2) is 11.6 Å². The molecule has 1 rings (SSSR count). The molecule has 1 aliphatic rings. The normalized spacial score (nSPS) is 32.2. The molecule has 0 radical (unpaired) electrons. The van der Waals surface area contributed by atoms with Crippen molar-refractivity contribution < 1.29 is 13.2 Å². The fourth-order valence-electron chi connectivity index (χ4n) is 1.42. The van der Waals surface area contributed by atoms with E-state index in [4.69, 9.17) is 11.6 Å². The number of hydrogen-bond donors (Lipinski definition) is 0. The molecule has 0 amide bonds. The van der Waals surface area contributed by atoms with Gasteiger partial charge in [0.05, 0.1) is 5.92 Å². The molecule has 0 aromatic heterocycles. The minimum absolute atomic E-state index is 0.0100. The molecule has 0 aliphatic heterocycles. The van der Waals surface area contributed by atoms with Crippen LogP contribution < -0.4 is 0 Å². The maximum absolute atomic E-state index is 12.2. The van der Waals surface area contributed by atoms with Gasteiger partial charge in [0, 0.05) is 5.38 Å². The molecule has 2 atom stereocenters. The third-order valence-electron chi connectivity index (χ3n) is 2.16. The van der Waals surface area contributed by atoms with E-state index in [0.29, 0.717) is 12.8 Å². The van der Waals surface area contributed by atoms with E-state index >= 15 is 0 Å². The molecule has 0 saturated heterocycles. The molecule has 12 heavy (non-hydrogen) atoms. The predicted octanol–water partition coefficient (Wildman–Crippen LogP) is 3.51. The highest BCUT2D eigenvalue weighted by molar-refractivity contribution is 6.20. The SMILES string of the molecule is C=C1CCC(Cl)CC1C(F)(F)F. The number of hydrogen-bond acceptors (Lipinski definition) is 0. The fourth-order valence-corrected chi connectivity index (χ4v) is 1.71. The first kappa shape index (κ1) is 9.90. The van der Waals surface area contributed by atoms with Gasteiger partial charge in [0.25, 0.3) is 0 Å². The van der Waals surface area contributed by atoms with Crippen molar-refractivity contribution in [3.05, 3.63) is 12.2 Å². The van der Waals surface area contributed by atoms with Crippen molar-refractivity contribution in [1.82, 2.24) is 0 Å². The Morgan fingerprint density at radius 1 is 1.42 bits per heavy atom. The molecule has 0 aromatic carbocycles. The lowest BCUT2D eigenvalue weighted by atomic mass is 9.84. The van der Waals surface area contributed by atoms with E-state index in [1.807, 2.05) is 0 Å². The molecule has 0 nitrogen and oxygen atoms in total. The topological polar surface area (TPSA) is 0 Å². The van der Waals surface area contributed by atoms with Crippen molar-refractivity contribution in [1.29, 1.82) is 0 Å². The summed E-state index contributed by atoms with van der Waals surface area (Å²) >= 11 is 5.64. The van der Waals surface area contributed by atoms with Gasteiger partial charge in [0.2, 0.25) is 0 Å². The lowest BCUT2D eigenvalue weighted by molar-refractivity contribution is -0.168. The highest BCUT2D eigenvalue weighted by atomic mass is 35.5. The Kier molecular flexibility index (Phi) is 2.71. The summed E-state index contributed by atoms with van der Waals surface area (Å²) < 4.78 is 36.7. The van der Waals surface area contributed by atoms with Crippen LogP contribution in [0.25, 0.3) is 0 Å². The number of halogens is 4. The standard InChI is InChI=1S/C8H10ClF3/c1-5-2-3-6(9)4-7(5)8(10,11)12/h6-7H,1-4H2. The molecular formula is C8H10ClF3. The Hall–Kier alpha value is -0.180. The largest absolute Gasteiger partial charge is 0.395 e. The average Bonchev–Trinajstić information content (AvgIpc) is 1.92. The Labute approximate surface area is 74.4 Å². The first-order valence-electron chi connectivity index (χ1n) is 3.79. The third-order valence-corrected chi connectivity index (χ3v) is 2.55. The number of allylic oxidation sites excluding steroid dienone is 1. The van der Waals surface area contributed by atoms with Crippen LogP contribution in [0.15, 0.2) is 12.2 Å². The zero-order chi connectivity index (χ0) is 9.35. The molecule has 4 heteroatoms. The van der Waals surface area contributed by atoms with Crippen LogP contribution in [0, 0.1) is 5.92 Å². The van der Waals surface area contributed by atoms with Crippen LogP contribution in [0.5, 0.6) is 0 Å². The summed E-state index contributed by atoms with van der Waals surface area (Å²) in [6.07, 6.45) is -3.15. The maximum Gasteiger partial charge on any atom is 0.395 e. The fraction of sp³-hybridized carbons (Fsp3) is 0.750. The van der Waals surface area contributed by atoms with Crippen LogP contribution in [0.2, 0.25) is 0 Å². The zero-order valence-electron chi connectivity index (χ0n) is 6.49. The van der Waals surface area contributed by atoms with Gasteiger partial charge in [-0.2, -0.15) is 13.2 Å². The molecule has 1 saturated carbocycles. The monoisotopic (exact) mass is 198 g/mol. The Balaban J connectivity index is 2.68. The van der Waals surface area contributed by atoms with Gasteiger partial charge in [-0.05, 0) is 19.3 Å². The van der Waals surface area contributed by atoms with Crippen molar-refractivity contribution in [2.75, 3.05) is 0 Å². The van der Waals surface area contributed by atoms with Crippen LogP contribution in [0.4, 0.5) is 13.2 Å². The molecular weight excluding hydrogens is 189 g/mol. The van der Waals surface area contributed by atoms with Gasteiger partial charge in [-0.1, -0.05) is 12.2 Å². The van der Waals surface area contributed by atoms with Gasteiger partial charge in [0.15, 0.2) is 0 Å². The first-order chi connectivity index (χ1) is 5.41. The van der Waals surface area contributed by atoms with Gasteiger partial charge in [0.1, 0.15) is 0 Å². The average molecular weight is 199 g/mol. The second-order valence-corrected chi connectivity index (χ2v) is 3.74. The Bertz CT molecular complexity index is 185. The smallest absolute Gasteiger partial charge is 0.170 e. The molecule has 1 fully saturated rings. The quantitative estimate of drug-likeness (QED) is 0.413. The summed E-state index contributed by atoms with van der Waals surface area (Å²) in [5.74, 6) is -1.38. The molecule has 0 bridgehead atoms. The number of rotatable bonds is 0. The van der Waals surface area contributed by atoms with Crippen LogP contribution in [0.1, 0.15) is 19.3 Å². The van der Waals surface area contributed by atoms with E-state index in [1.165, 1.54) is 0 Å². The van der Waals surface area contributed by atoms with Crippen LogP contribution >= 0.6 is 11.6 Å². The zero-order valence-corrected chi connectivity index (χ0v) is 7.25. The molecule has 70 valence electrons. The van der Waals surface area contributed by atoms with E-state index in [-0.39, 0.29) is 17.4 Å². The van der Waals surface area contributed by atoms with Gasteiger partial charge < -0.3 is 0 Å². The van der Waals surface area contributed by atoms with Gasteiger partial charge in [-0.25, -0.2) is 0 Å². The molecule has 2 unspecified atom stereocenters. The Morgan fingerprint density at radius 3 is 2.42 bits per heavy atom. The second-order valence-electron chi connectivity index (χ2n) is 3.12. The van der Waals surface area contributed by atoms with Crippen molar-refractivity contribution in [3.63, 3.8) is 0 Å². The molecule has 0 heterocycles. The predicted molar refractivity (Wildman–Crippen MR) is 42.2 cm³/mol. The van der Waals surface area contributed by atoms with E-state index in [2.05, 4.69) is 6.58 Å². The van der Waals surface area contributed by atoms with Gasteiger partial charge >= 0.3 is 6.18 Å². The summed E-state index contributed by atoms with van der Waals surface area (Å²) in [5, 5.41) is -0.345. The summed E-state index contributed by atoms with van der Waals surface area (Å²) in [6, 6.07) is 0. The highest BCUT2D eigenvalue weighted by Gasteiger charge is 2.43. The van der Waals surface area contributed by atoms with Crippen molar-refractivity contribution in [2.45, 2.75) is 30.8 Å². The number of alkyl halides is 4. The van der Waals surface area contributed by atoms with E-state index in [0.717, 1.165) is 0 Å².